The second kappa shape index (κ2) is 8.71. The zero-order valence-electron chi connectivity index (χ0n) is 15.5. The van der Waals surface area contributed by atoms with Crippen LogP contribution in [0.2, 0.25) is 5.02 Å². The molecule has 1 atom stereocenters. The van der Waals surface area contributed by atoms with E-state index >= 15 is 0 Å². The highest BCUT2D eigenvalue weighted by Crippen LogP contribution is 2.29. The molecule has 0 bridgehead atoms. The number of benzene rings is 2. The lowest BCUT2D eigenvalue weighted by atomic mass is 10.1. The van der Waals surface area contributed by atoms with E-state index in [4.69, 9.17) is 11.6 Å². The summed E-state index contributed by atoms with van der Waals surface area (Å²) < 4.78 is 0. The van der Waals surface area contributed by atoms with Gasteiger partial charge in [0.25, 0.3) is 0 Å². The van der Waals surface area contributed by atoms with Crippen molar-refractivity contribution in [3.63, 3.8) is 0 Å². The van der Waals surface area contributed by atoms with E-state index in [1.165, 1.54) is 11.3 Å². The molecule has 1 fully saturated rings. The molecule has 1 aliphatic carbocycles. The molecule has 0 radical (unpaired) electrons. The van der Waals surface area contributed by atoms with E-state index in [0.717, 1.165) is 24.0 Å². The van der Waals surface area contributed by atoms with Gasteiger partial charge in [0.15, 0.2) is 0 Å². The van der Waals surface area contributed by atoms with Crippen molar-refractivity contribution in [3.8, 4) is 10.6 Å². The van der Waals surface area contributed by atoms with E-state index in [1.54, 1.807) is 12.1 Å². The van der Waals surface area contributed by atoms with Crippen molar-refractivity contribution in [1.82, 2.24) is 15.5 Å². The van der Waals surface area contributed by atoms with Crippen LogP contribution in [-0.4, -0.2) is 28.1 Å². The highest BCUT2D eigenvalue weighted by Gasteiger charge is 2.33. The fourth-order valence-corrected chi connectivity index (χ4v) is 3.75. The largest absolute Gasteiger partial charge is 0.344 e. The summed E-state index contributed by atoms with van der Waals surface area (Å²) in [6.45, 7) is 0. The predicted octanol–water partition coefficient (Wildman–Crippen LogP) is 3.93. The van der Waals surface area contributed by atoms with E-state index < -0.39 is 6.04 Å². The summed E-state index contributed by atoms with van der Waals surface area (Å²) in [4.78, 5) is 25.1. The van der Waals surface area contributed by atoms with Gasteiger partial charge in [-0.1, -0.05) is 65.4 Å². The summed E-state index contributed by atoms with van der Waals surface area (Å²) >= 11 is 7.19. The molecule has 1 aromatic heterocycles. The van der Waals surface area contributed by atoms with Crippen molar-refractivity contribution in [2.75, 3.05) is 5.32 Å². The summed E-state index contributed by atoms with van der Waals surface area (Å²) in [7, 11) is 0. The monoisotopic (exact) mass is 426 g/mol. The normalized spacial score (nSPS) is 14.2. The SMILES string of the molecule is O=C(NC(Cc1ccccc1)C(=O)Nc1nnc(-c2ccc(Cl)cc2)s1)C1CC1. The topological polar surface area (TPSA) is 84.0 Å². The second-order valence-corrected chi connectivity index (χ2v) is 8.35. The average molecular weight is 427 g/mol. The number of aromatic nitrogens is 2. The molecule has 0 spiro atoms. The number of nitrogens with one attached hydrogen (secondary N) is 2. The number of carbonyl (C=O) groups excluding carboxylic acids is 2. The molecule has 0 aliphatic heterocycles. The zero-order chi connectivity index (χ0) is 20.2. The molecule has 2 N–H and O–H groups in total. The molecule has 3 aromatic rings. The van der Waals surface area contributed by atoms with Crippen molar-refractivity contribution in [2.45, 2.75) is 25.3 Å². The van der Waals surface area contributed by atoms with Crippen molar-refractivity contribution in [3.05, 3.63) is 65.2 Å². The predicted molar refractivity (Wildman–Crippen MR) is 114 cm³/mol. The third-order valence-corrected chi connectivity index (χ3v) is 5.75. The fraction of sp³-hybridized carbons (Fsp3) is 0.238. The smallest absolute Gasteiger partial charge is 0.249 e. The lowest BCUT2D eigenvalue weighted by Gasteiger charge is -2.17. The quantitative estimate of drug-likeness (QED) is 0.599. The maximum atomic E-state index is 12.9. The van der Waals surface area contributed by atoms with Crippen molar-refractivity contribution >= 4 is 39.9 Å². The van der Waals surface area contributed by atoms with Crippen LogP contribution in [-0.2, 0) is 16.0 Å². The second-order valence-electron chi connectivity index (χ2n) is 6.93. The van der Waals surface area contributed by atoms with Gasteiger partial charge in [0.05, 0.1) is 0 Å². The maximum Gasteiger partial charge on any atom is 0.249 e. The Kier molecular flexibility index (Phi) is 5.87. The lowest BCUT2D eigenvalue weighted by molar-refractivity contribution is -0.127. The number of amides is 2. The Balaban J connectivity index is 1.46. The number of carbonyl (C=O) groups is 2. The minimum atomic E-state index is -0.673. The highest BCUT2D eigenvalue weighted by atomic mass is 35.5. The van der Waals surface area contributed by atoms with E-state index in [9.17, 15) is 9.59 Å². The van der Waals surface area contributed by atoms with Gasteiger partial charge < -0.3 is 5.32 Å². The molecule has 1 heterocycles. The van der Waals surface area contributed by atoms with Crippen LogP contribution in [0.25, 0.3) is 10.6 Å². The fourth-order valence-electron chi connectivity index (χ4n) is 2.87. The standard InChI is InChI=1S/C21H19ClN4O2S/c22-16-10-8-15(9-11-16)20-25-26-21(29-20)24-19(28)17(23-18(27)14-6-7-14)12-13-4-2-1-3-5-13/h1-5,8-11,14,17H,6-7,12H2,(H,23,27)(H,24,26,28). The van der Waals surface area contributed by atoms with Gasteiger partial charge >= 0.3 is 0 Å². The molecule has 1 unspecified atom stereocenters. The van der Waals surface area contributed by atoms with Crippen LogP contribution in [0.4, 0.5) is 5.13 Å². The zero-order valence-corrected chi connectivity index (χ0v) is 17.0. The number of nitrogens with zero attached hydrogens (tertiary/aromatic N) is 2. The minimum absolute atomic E-state index is 0.0270. The van der Waals surface area contributed by atoms with Gasteiger partial charge in [-0.3, -0.25) is 14.9 Å². The molecule has 1 aliphatic rings. The third kappa shape index (κ3) is 5.19. The first kappa shape index (κ1) is 19.5. The van der Waals surface area contributed by atoms with Gasteiger partial charge in [0, 0.05) is 22.9 Å². The number of hydrogen-bond acceptors (Lipinski definition) is 5. The van der Waals surface area contributed by atoms with E-state index in [1.807, 2.05) is 42.5 Å². The first-order chi connectivity index (χ1) is 14.1. The number of hydrogen-bond donors (Lipinski definition) is 2. The first-order valence-corrected chi connectivity index (χ1v) is 10.5. The van der Waals surface area contributed by atoms with Gasteiger partial charge in [-0.05, 0) is 30.5 Å². The van der Waals surface area contributed by atoms with Crippen LogP contribution in [0.5, 0.6) is 0 Å². The van der Waals surface area contributed by atoms with Crippen molar-refractivity contribution in [2.24, 2.45) is 5.92 Å². The van der Waals surface area contributed by atoms with E-state index in [2.05, 4.69) is 20.8 Å². The molecule has 6 nitrogen and oxygen atoms in total. The van der Waals surface area contributed by atoms with Crippen LogP contribution < -0.4 is 10.6 Å². The number of halogens is 1. The van der Waals surface area contributed by atoms with Gasteiger partial charge in [-0.2, -0.15) is 0 Å². The van der Waals surface area contributed by atoms with Gasteiger partial charge in [0.2, 0.25) is 16.9 Å². The summed E-state index contributed by atoms with van der Waals surface area (Å²) in [5, 5.41) is 15.6. The van der Waals surface area contributed by atoms with Crippen molar-refractivity contribution in [1.29, 1.82) is 0 Å². The lowest BCUT2D eigenvalue weighted by Crippen LogP contribution is -2.45. The molecule has 29 heavy (non-hydrogen) atoms. The Hall–Kier alpha value is -2.77. The summed E-state index contributed by atoms with van der Waals surface area (Å²) in [6.07, 6.45) is 2.17. The van der Waals surface area contributed by atoms with Crippen LogP contribution >= 0.6 is 22.9 Å². The molecular weight excluding hydrogens is 408 g/mol. The van der Waals surface area contributed by atoms with Gasteiger partial charge in [-0.15, -0.1) is 10.2 Å². The molecule has 8 heteroatoms. The summed E-state index contributed by atoms with van der Waals surface area (Å²) in [5.74, 6) is -0.346. The molecule has 0 saturated heterocycles. The van der Waals surface area contributed by atoms with E-state index in [0.29, 0.717) is 21.6 Å². The number of anilines is 1. The Morgan fingerprint density at radius 2 is 1.79 bits per heavy atom. The van der Waals surface area contributed by atoms with E-state index in [-0.39, 0.29) is 17.7 Å². The van der Waals surface area contributed by atoms with Crippen LogP contribution in [0, 0.1) is 5.92 Å². The summed E-state index contributed by atoms with van der Waals surface area (Å²) in [6, 6.07) is 16.2. The molecule has 4 rings (SSSR count). The molecule has 148 valence electrons. The maximum absolute atomic E-state index is 12.9. The van der Waals surface area contributed by atoms with Crippen LogP contribution in [0.3, 0.4) is 0 Å². The third-order valence-electron chi connectivity index (χ3n) is 4.61. The Morgan fingerprint density at radius 1 is 1.07 bits per heavy atom. The minimum Gasteiger partial charge on any atom is -0.344 e. The summed E-state index contributed by atoms with van der Waals surface area (Å²) in [5.41, 5.74) is 1.85. The van der Waals surface area contributed by atoms with Crippen molar-refractivity contribution < 1.29 is 9.59 Å². The highest BCUT2D eigenvalue weighted by molar-refractivity contribution is 7.18. The van der Waals surface area contributed by atoms with Gasteiger partial charge in [0.1, 0.15) is 11.0 Å². The Morgan fingerprint density at radius 3 is 2.48 bits per heavy atom. The van der Waals surface area contributed by atoms with Crippen LogP contribution in [0.15, 0.2) is 54.6 Å². The molecular formula is C21H19ClN4O2S. The van der Waals surface area contributed by atoms with Crippen LogP contribution in [0.1, 0.15) is 18.4 Å². The molecule has 2 amide bonds. The Labute approximate surface area is 177 Å². The first-order valence-electron chi connectivity index (χ1n) is 9.33. The molecule has 2 aromatic carbocycles. The van der Waals surface area contributed by atoms with Gasteiger partial charge in [-0.25, -0.2) is 0 Å². The Bertz CT molecular complexity index is 1000. The molecule has 1 saturated carbocycles. The average Bonchev–Trinajstić information content (AvgIpc) is 3.48. The number of rotatable bonds is 7.